The van der Waals surface area contributed by atoms with Crippen LogP contribution in [0.25, 0.3) is 0 Å². The molecule has 8 saturated carbocycles. The lowest BCUT2D eigenvalue weighted by Gasteiger charge is -2.56. The molecule has 0 spiro atoms. The van der Waals surface area contributed by atoms with Gasteiger partial charge in [-0.3, -0.25) is 4.79 Å². The summed E-state index contributed by atoms with van der Waals surface area (Å²) in [5.74, 6) is 5.84. The van der Waals surface area contributed by atoms with Gasteiger partial charge in [0.15, 0.2) is 0 Å². The van der Waals surface area contributed by atoms with E-state index in [1.807, 2.05) is 0 Å². The molecule has 146 valence electrons. The fourth-order valence-corrected chi connectivity index (χ4v) is 8.84. The Morgan fingerprint density at radius 3 is 1.42 bits per heavy atom. The van der Waals surface area contributed by atoms with Crippen LogP contribution in [0, 0.1) is 35.5 Å². The first-order valence-corrected chi connectivity index (χ1v) is 11.6. The van der Waals surface area contributed by atoms with E-state index < -0.39 is 0 Å². The van der Waals surface area contributed by atoms with Gasteiger partial charge in [0.2, 0.25) is 5.91 Å². The van der Waals surface area contributed by atoms with Gasteiger partial charge in [-0.15, -0.1) is 11.6 Å². The summed E-state index contributed by atoms with van der Waals surface area (Å²) < 4.78 is 0. The Kier molecular flexibility index (Phi) is 4.36. The molecular weight excluding hydrogens is 344 g/mol. The highest BCUT2D eigenvalue weighted by atomic mass is 35.5. The van der Waals surface area contributed by atoms with Crippen molar-refractivity contribution in [1.82, 2.24) is 5.32 Å². The molecule has 0 atom stereocenters. The maximum atomic E-state index is 11.5. The number of hydrogen-bond donors (Lipinski definition) is 2. The van der Waals surface area contributed by atoms with Crippen molar-refractivity contribution < 1.29 is 4.79 Å². The number of nitrogens with two attached hydrogens (primary N) is 1. The molecule has 0 aromatic carbocycles. The minimum Gasteiger partial charge on any atom is -0.350 e. The van der Waals surface area contributed by atoms with Gasteiger partial charge in [-0.2, -0.15) is 0 Å². The molecule has 0 saturated heterocycles. The van der Waals surface area contributed by atoms with E-state index in [0.717, 1.165) is 35.5 Å². The number of carbonyl (C=O) groups is 1. The van der Waals surface area contributed by atoms with Crippen molar-refractivity contribution in [2.75, 3.05) is 5.88 Å². The largest absolute Gasteiger partial charge is 0.350 e. The summed E-state index contributed by atoms with van der Waals surface area (Å²) in [4.78, 5) is 11.5. The predicted molar refractivity (Wildman–Crippen MR) is 105 cm³/mol. The molecule has 8 bridgehead atoms. The summed E-state index contributed by atoms with van der Waals surface area (Å²) in [6.45, 7) is 0. The molecule has 0 heterocycles. The molecule has 3 nitrogen and oxygen atoms in total. The number of rotatable bonds is 2. The molecule has 1 amide bonds. The van der Waals surface area contributed by atoms with Crippen LogP contribution in [0.3, 0.4) is 0 Å². The van der Waals surface area contributed by atoms with Crippen molar-refractivity contribution >= 4 is 17.5 Å². The van der Waals surface area contributed by atoms with Gasteiger partial charge in [-0.1, -0.05) is 0 Å². The molecule has 0 radical (unpaired) electrons. The lowest BCUT2D eigenvalue weighted by Crippen LogP contribution is -2.60. The first-order valence-electron chi connectivity index (χ1n) is 11.1. The lowest BCUT2D eigenvalue weighted by molar-refractivity contribution is -0.124. The van der Waals surface area contributed by atoms with Crippen LogP contribution in [0.5, 0.6) is 0 Å². The molecule has 0 aromatic rings. The average molecular weight is 379 g/mol. The van der Waals surface area contributed by atoms with Crippen LogP contribution in [-0.4, -0.2) is 22.9 Å². The Bertz CT molecular complexity index is 504. The van der Waals surface area contributed by atoms with Crippen LogP contribution >= 0.6 is 11.6 Å². The molecule has 4 heteroatoms. The van der Waals surface area contributed by atoms with Crippen LogP contribution < -0.4 is 11.1 Å². The number of alkyl halides is 1. The van der Waals surface area contributed by atoms with Crippen molar-refractivity contribution in [3.63, 3.8) is 0 Å². The molecule has 0 aromatic heterocycles. The van der Waals surface area contributed by atoms with Gasteiger partial charge >= 0.3 is 0 Å². The van der Waals surface area contributed by atoms with E-state index in [9.17, 15) is 4.79 Å². The second kappa shape index (κ2) is 6.37. The van der Waals surface area contributed by atoms with Crippen molar-refractivity contribution in [2.24, 2.45) is 41.2 Å². The summed E-state index contributed by atoms with van der Waals surface area (Å²) >= 11 is 5.58. The molecule has 0 aliphatic heterocycles. The maximum absolute atomic E-state index is 11.5. The number of halogens is 1. The van der Waals surface area contributed by atoms with E-state index in [4.69, 9.17) is 17.3 Å². The highest BCUT2D eigenvalue weighted by molar-refractivity contribution is 6.27. The SMILES string of the molecule is NC12CC3CC(CC(C3)C1)C2.O=C(CCl)NC12CC3CC(CC(C3)C1)C2. The Balaban J connectivity index is 0.000000121. The first kappa shape index (κ1) is 17.8. The van der Waals surface area contributed by atoms with E-state index in [2.05, 4.69) is 5.32 Å². The van der Waals surface area contributed by atoms with Gasteiger partial charge in [0.25, 0.3) is 0 Å². The van der Waals surface area contributed by atoms with Crippen LogP contribution in [0.15, 0.2) is 0 Å². The second-order valence-electron chi connectivity index (χ2n) is 11.2. The minimum absolute atomic E-state index is 0.0265. The van der Waals surface area contributed by atoms with Crippen molar-refractivity contribution in [3.05, 3.63) is 0 Å². The van der Waals surface area contributed by atoms with Gasteiger partial charge in [0.1, 0.15) is 5.88 Å². The van der Waals surface area contributed by atoms with E-state index in [-0.39, 0.29) is 17.3 Å². The van der Waals surface area contributed by atoms with E-state index in [0.29, 0.717) is 5.54 Å². The molecule has 26 heavy (non-hydrogen) atoms. The molecule has 8 rings (SSSR count). The zero-order valence-corrected chi connectivity index (χ0v) is 16.8. The normalized spacial score (nSPS) is 52.5. The lowest BCUT2D eigenvalue weighted by atomic mass is 9.53. The number of amides is 1. The standard InChI is InChI=1S/C12H18ClNO.C10H17N/c13-7-11(15)14-12-4-8-1-9(5-12)3-10(2-8)6-12;11-10-4-7-1-8(5-10)3-9(2-7)6-10/h8-10H,1-7H2,(H,14,15);7-9H,1-6,11H2. The van der Waals surface area contributed by atoms with E-state index >= 15 is 0 Å². The van der Waals surface area contributed by atoms with Crippen LogP contribution in [0.4, 0.5) is 0 Å². The topological polar surface area (TPSA) is 55.1 Å². The first-order chi connectivity index (χ1) is 12.4. The molecule has 0 unspecified atom stereocenters. The Labute approximate surface area is 163 Å². The monoisotopic (exact) mass is 378 g/mol. The Morgan fingerprint density at radius 2 is 1.12 bits per heavy atom. The summed E-state index contributed by atoms with van der Waals surface area (Å²) in [5, 5.41) is 3.20. The van der Waals surface area contributed by atoms with Crippen molar-refractivity contribution in [3.8, 4) is 0 Å². The predicted octanol–water partition coefficient (Wildman–Crippen LogP) is 4.22. The van der Waals surface area contributed by atoms with Gasteiger partial charge in [-0.25, -0.2) is 0 Å². The summed E-state index contributed by atoms with van der Waals surface area (Å²) in [7, 11) is 0. The second-order valence-corrected chi connectivity index (χ2v) is 11.4. The Hall–Kier alpha value is -0.280. The smallest absolute Gasteiger partial charge is 0.235 e. The third-order valence-electron chi connectivity index (χ3n) is 8.65. The third kappa shape index (κ3) is 3.32. The zero-order valence-electron chi connectivity index (χ0n) is 16.0. The van der Waals surface area contributed by atoms with Gasteiger partial charge in [-0.05, 0) is 113 Å². The summed E-state index contributed by atoms with van der Waals surface area (Å²) in [6.07, 6.45) is 16.4. The number of hydrogen-bond acceptors (Lipinski definition) is 2. The van der Waals surface area contributed by atoms with E-state index in [1.54, 1.807) is 0 Å². The van der Waals surface area contributed by atoms with Gasteiger partial charge in [0.05, 0.1) is 0 Å². The molecular formula is C22H35ClN2O. The number of nitrogens with one attached hydrogen (secondary N) is 1. The van der Waals surface area contributed by atoms with Crippen LogP contribution in [0.1, 0.15) is 77.0 Å². The van der Waals surface area contributed by atoms with Gasteiger partial charge in [0, 0.05) is 11.1 Å². The summed E-state index contributed by atoms with van der Waals surface area (Å²) in [5.41, 5.74) is 6.76. The zero-order chi connectivity index (χ0) is 17.9. The minimum atomic E-state index is 0.0265. The fourth-order valence-electron chi connectivity index (χ4n) is 8.77. The van der Waals surface area contributed by atoms with Crippen molar-refractivity contribution in [2.45, 2.75) is 88.1 Å². The molecule has 8 aliphatic rings. The quantitative estimate of drug-likeness (QED) is 0.706. The maximum Gasteiger partial charge on any atom is 0.235 e. The van der Waals surface area contributed by atoms with E-state index in [1.165, 1.54) is 77.0 Å². The third-order valence-corrected chi connectivity index (χ3v) is 8.89. The molecule has 3 N–H and O–H groups in total. The summed E-state index contributed by atoms with van der Waals surface area (Å²) in [6, 6.07) is 0. The van der Waals surface area contributed by atoms with Crippen LogP contribution in [-0.2, 0) is 4.79 Å². The van der Waals surface area contributed by atoms with Gasteiger partial charge < -0.3 is 11.1 Å². The fraction of sp³-hybridized carbons (Fsp3) is 0.955. The molecule has 8 aliphatic carbocycles. The number of carbonyl (C=O) groups excluding carboxylic acids is 1. The van der Waals surface area contributed by atoms with Crippen molar-refractivity contribution in [1.29, 1.82) is 0 Å². The molecule has 8 fully saturated rings. The Morgan fingerprint density at radius 1 is 0.769 bits per heavy atom. The van der Waals surface area contributed by atoms with Crippen LogP contribution in [0.2, 0.25) is 0 Å². The average Bonchev–Trinajstić information content (AvgIpc) is 2.51. The highest BCUT2D eigenvalue weighted by Crippen LogP contribution is 2.56. The highest BCUT2D eigenvalue weighted by Gasteiger charge is 2.51.